The van der Waals surface area contributed by atoms with E-state index in [0.29, 0.717) is 12.2 Å². The molecule has 0 aliphatic heterocycles. The molecule has 2 aromatic rings. The van der Waals surface area contributed by atoms with Gasteiger partial charge in [-0.1, -0.05) is 24.9 Å². The Kier molecular flexibility index (Phi) is 6.35. The molecule has 0 fully saturated rings. The Balaban J connectivity index is 1.85. The molecule has 1 atom stereocenters. The molecule has 0 bridgehead atoms. The minimum atomic E-state index is -1.03. The predicted molar refractivity (Wildman–Crippen MR) is 82.7 cm³/mol. The monoisotopic (exact) mass is 333 g/mol. The molecule has 2 heterocycles. The first-order valence-corrected chi connectivity index (χ1v) is 7.72. The Hall–Kier alpha value is -2.84. The molecule has 0 saturated heterocycles. The molecule has 1 amide bonds. The number of hydrogen-bond acceptors (Lipinski definition) is 7. The second kappa shape index (κ2) is 8.70. The fraction of sp³-hybridized carbons (Fsp3) is 0.467. The highest BCUT2D eigenvalue weighted by atomic mass is 16.5. The molecule has 24 heavy (non-hydrogen) atoms. The van der Waals surface area contributed by atoms with Crippen LogP contribution in [0.1, 0.15) is 38.5 Å². The van der Waals surface area contributed by atoms with E-state index in [1.807, 2.05) is 6.92 Å². The summed E-state index contributed by atoms with van der Waals surface area (Å²) in [6, 6.07) is 0.806. The lowest BCUT2D eigenvalue weighted by Gasteiger charge is -2.13. The molecule has 0 aliphatic rings. The summed E-state index contributed by atoms with van der Waals surface area (Å²) in [5, 5.41) is 15.4. The number of aryl methyl sites for hydroxylation is 1. The average Bonchev–Trinajstić information content (AvgIpc) is 3.06. The zero-order valence-electron chi connectivity index (χ0n) is 13.3. The van der Waals surface area contributed by atoms with Gasteiger partial charge in [0.25, 0.3) is 0 Å². The normalized spacial score (nSPS) is 11.9. The van der Waals surface area contributed by atoms with Crippen LogP contribution in [0, 0.1) is 0 Å². The van der Waals surface area contributed by atoms with E-state index in [0.717, 1.165) is 12.8 Å². The zero-order valence-corrected chi connectivity index (χ0v) is 13.3. The van der Waals surface area contributed by atoms with Gasteiger partial charge in [-0.2, -0.15) is 4.98 Å². The van der Waals surface area contributed by atoms with E-state index in [9.17, 15) is 9.59 Å². The Bertz CT molecular complexity index is 674. The Morgan fingerprint density at radius 2 is 2.04 bits per heavy atom. The van der Waals surface area contributed by atoms with Gasteiger partial charge in [0.15, 0.2) is 0 Å². The van der Waals surface area contributed by atoms with Crippen LogP contribution in [0.4, 0.5) is 0 Å². The molecule has 2 rings (SSSR count). The van der Waals surface area contributed by atoms with Crippen LogP contribution < -0.4 is 5.32 Å². The van der Waals surface area contributed by atoms with Crippen molar-refractivity contribution in [2.24, 2.45) is 0 Å². The van der Waals surface area contributed by atoms with E-state index < -0.39 is 12.0 Å². The van der Waals surface area contributed by atoms with Gasteiger partial charge in [-0.25, -0.2) is 14.8 Å². The summed E-state index contributed by atoms with van der Waals surface area (Å²) in [4.78, 5) is 35.1. The molecule has 0 radical (unpaired) electrons. The quantitative estimate of drug-likeness (QED) is 0.700. The number of carboxylic acids is 1. The third-order valence-corrected chi connectivity index (χ3v) is 3.28. The maximum Gasteiger partial charge on any atom is 0.326 e. The van der Waals surface area contributed by atoms with Crippen LogP contribution in [-0.2, 0) is 16.0 Å². The lowest BCUT2D eigenvalue weighted by atomic mass is 10.1. The number of unbranched alkanes of at least 4 members (excludes halogenated alkanes) is 1. The van der Waals surface area contributed by atoms with Gasteiger partial charge in [-0.15, -0.1) is 0 Å². The first kappa shape index (κ1) is 17.5. The molecule has 0 spiro atoms. The standard InChI is InChI=1S/C15H19N5O4/c1-2-3-5-10(15(22)23)18-11(21)6-7-12-19-14(20-24-12)13-16-8-4-9-17-13/h4,8-10H,2-3,5-7H2,1H3,(H,18,21)(H,22,23)/t10-/m0/s1. The summed E-state index contributed by atoms with van der Waals surface area (Å²) >= 11 is 0. The maximum atomic E-state index is 11.9. The highest BCUT2D eigenvalue weighted by Crippen LogP contribution is 2.10. The SMILES string of the molecule is CCCC[C@H](NC(=O)CCc1nc(-c2ncccn2)no1)C(=O)O. The molecule has 0 aliphatic carbocycles. The van der Waals surface area contributed by atoms with Gasteiger partial charge in [0.2, 0.25) is 23.4 Å². The van der Waals surface area contributed by atoms with Crippen molar-refractivity contribution in [1.82, 2.24) is 25.4 Å². The van der Waals surface area contributed by atoms with Gasteiger partial charge >= 0.3 is 5.97 Å². The number of nitrogens with zero attached hydrogens (tertiary/aromatic N) is 4. The number of rotatable bonds is 9. The van der Waals surface area contributed by atoms with Crippen LogP contribution in [0.25, 0.3) is 11.6 Å². The minimum Gasteiger partial charge on any atom is -0.480 e. The number of carboxylic acid groups (broad SMARTS) is 1. The molecule has 0 unspecified atom stereocenters. The summed E-state index contributed by atoms with van der Waals surface area (Å²) in [6.45, 7) is 1.96. The summed E-state index contributed by atoms with van der Waals surface area (Å²) in [5.74, 6) is -0.542. The number of amides is 1. The van der Waals surface area contributed by atoms with Crippen molar-refractivity contribution < 1.29 is 19.2 Å². The third-order valence-electron chi connectivity index (χ3n) is 3.28. The van der Waals surface area contributed by atoms with Crippen molar-refractivity contribution in [3.05, 3.63) is 24.4 Å². The van der Waals surface area contributed by atoms with E-state index in [-0.39, 0.29) is 30.5 Å². The van der Waals surface area contributed by atoms with Gasteiger partial charge in [0.05, 0.1) is 0 Å². The molecule has 0 aromatic carbocycles. The lowest BCUT2D eigenvalue weighted by Crippen LogP contribution is -2.40. The van der Waals surface area contributed by atoms with Crippen molar-refractivity contribution >= 4 is 11.9 Å². The summed E-state index contributed by atoms with van der Waals surface area (Å²) in [6.07, 6.45) is 5.42. The highest BCUT2D eigenvalue weighted by Gasteiger charge is 2.19. The summed E-state index contributed by atoms with van der Waals surface area (Å²) in [5.41, 5.74) is 0. The van der Waals surface area contributed by atoms with Crippen LogP contribution >= 0.6 is 0 Å². The zero-order chi connectivity index (χ0) is 17.4. The fourth-order valence-corrected chi connectivity index (χ4v) is 2.01. The molecule has 9 heteroatoms. The predicted octanol–water partition coefficient (Wildman–Crippen LogP) is 1.22. The summed E-state index contributed by atoms with van der Waals surface area (Å²) < 4.78 is 5.05. The Morgan fingerprint density at radius 3 is 2.71 bits per heavy atom. The Morgan fingerprint density at radius 1 is 1.29 bits per heavy atom. The van der Waals surface area contributed by atoms with Crippen molar-refractivity contribution in [2.45, 2.75) is 45.1 Å². The maximum absolute atomic E-state index is 11.9. The number of nitrogens with one attached hydrogen (secondary N) is 1. The number of carbonyl (C=O) groups excluding carboxylic acids is 1. The van der Waals surface area contributed by atoms with Crippen LogP contribution in [0.3, 0.4) is 0 Å². The van der Waals surface area contributed by atoms with Gasteiger partial charge in [0.1, 0.15) is 6.04 Å². The third kappa shape index (κ3) is 5.11. The summed E-state index contributed by atoms with van der Waals surface area (Å²) in [7, 11) is 0. The van der Waals surface area contributed by atoms with Crippen molar-refractivity contribution in [1.29, 1.82) is 0 Å². The second-order valence-electron chi connectivity index (χ2n) is 5.18. The number of aliphatic carboxylic acids is 1. The highest BCUT2D eigenvalue weighted by molar-refractivity contribution is 5.83. The molecule has 9 nitrogen and oxygen atoms in total. The first-order chi connectivity index (χ1) is 11.6. The molecular weight excluding hydrogens is 314 g/mol. The largest absolute Gasteiger partial charge is 0.480 e. The number of aromatic nitrogens is 4. The average molecular weight is 333 g/mol. The van der Waals surface area contributed by atoms with Crippen LogP contribution in [0.5, 0.6) is 0 Å². The minimum absolute atomic E-state index is 0.0627. The van der Waals surface area contributed by atoms with E-state index in [1.165, 1.54) is 0 Å². The van der Waals surface area contributed by atoms with Crippen LogP contribution in [0.15, 0.2) is 23.0 Å². The van der Waals surface area contributed by atoms with Gasteiger partial charge in [-0.05, 0) is 12.5 Å². The lowest BCUT2D eigenvalue weighted by molar-refractivity contribution is -0.142. The molecule has 128 valence electrons. The van der Waals surface area contributed by atoms with E-state index in [4.69, 9.17) is 9.63 Å². The molecule has 2 aromatic heterocycles. The molecule has 0 saturated carbocycles. The number of carbonyl (C=O) groups is 2. The fourth-order valence-electron chi connectivity index (χ4n) is 2.01. The second-order valence-corrected chi connectivity index (χ2v) is 5.18. The van der Waals surface area contributed by atoms with Crippen LogP contribution in [-0.4, -0.2) is 43.1 Å². The van der Waals surface area contributed by atoms with E-state index >= 15 is 0 Å². The van der Waals surface area contributed by atoms with Crippen molar-refractivity contribution in [3.63, 3.8) is 0 Å². The molecular formula is C15H19N5O4. The van der Waals surface area contributed by atoms with Gasteiger partial charge < -0.3 is 14.9 Å². The van der Waals surface area contributed by atoms with Gasteiger partial charge in [-0.3, -0.25) is 4.79 Å². The van der Waals surface area contributed by atoms with Gasteiger partial charge in [0, 0.05) is 25.2 Å². The van der Waals surface area contributed by atoms with Crippen molar-refractivity contribution in [3.8, 4) is 11.6 Å². The van der Waals surface area contributed by atoms with E-state index in [2.05, 4.69) is 25.4 Å². The topological polar surface area (TPSA) is 131 Å². The molecule has 2 N–H and O–H groups in total. The smallest absolute Gasteiger partial charge is 0.326 e. The first-order valence-electron chi connectivity index (χ1n) is 7.72. The Labute approximate surface area is 138 Å². The van der Waals surface area contributed by atoms with Crippen molar-refractivity contribution in [2.75, 3.05) is 0 Å². The van der Waals surface area contributed by atoms with E-state index in [1.54, 1.807) is 18.5 Å². The number of hydrogen-bond donors (Lipinski definition) is 2. The van der Waals surface area contributed by atoms with Crippen LogP contribution in [0.2, 0.25) is 0 Å².